The summed E-state index contributed by atoms with van der Waals surface area (Å²) >= 11 is 0. The fourth-order valence-electron chi connectivity index (χ4n) is 1.99. The molecule has 0 amide bonds. The molecule has 0 spiro atoms. The Bertz CT molecular complexity index is 321. The molecule has 3 nitrogen and oxygen atoms in total. The molecule has 3 heteroatoms. The van der Waals surface area contributed by atoms with Crippen molar-refractivity contribution in [3.8, 4) is 0 Å². The molecule has 0 aromatic heterocycles. The van der Waals surface area contributed by atoms with Crippen LogP contribution in [0.1, 0.15) is 18.5 Å². The third-order valence-electron chi connectivity index (χ3n) is 2.99. The lowest BCUT2D eigenvalue weighted by Gasteiger charge is -2.32. The van der Waals surface area contributed by atoms with Crippen LogP contribution in [0.5, 0.6) is 0 Å². The summed E-state index contributed by atoms with van der Waals surface area (Å²) in [6.07, 6.45) is 0. The van der Waals surface area contributed by atoms with Crippen molar-refractivity contribution in [3.63, 3.8) is 0 Å². The average molecular weight is 206 g/mol. The Hall–Kier alpha value is -1.06. The first-order chi connectivity index (χ1) is 7.27. The van der Waals surface area contributed by atoms with E-state index in [4.69, 9.17) is 10.5 Å². The van der Waals surface area contributed by atoms with Crippen LogP contribution in [-0.2, 0) is 4.74 Å². The summed E-state index contributed by atoms with van der Waals surface area (Å²) in [5.41, 5.74) is 7.91. The summed E-state index contributed by atoms with van der Waals surface area (Å²) in [6.45, 7) is 5.92. The first-order valence-electron chi connectivity index (χ1n) is 5.44. The standard InChI is InChI=1S/C12H18N2O/c1-10(14-5-7-15-8-6-14)11-3-2-4-12(13)9-11/h2-4,9-10H,5-8,13H2,1H3/t10-/m0/s1. The Morgan fingerprint density at radius 3 is 2.73 bits per heavy atom. The maximum atomic E-state index is 5.78. The van der Waals surface area contributed by atoms with E-state index in [2.05, 4.69) is 24.0 Å². The summed E-state index contributed by atoms with van der Waals surface area (Å²) in [7, 11) is 0. The Labute approximate surface area is 90.8 Å². The quantitative estimate of drug-likeness (QED) is 0.748. The monoisotopic (exact) mass is 206 g/mol. The van der Waals surface area contributed by atoms with Gasteiger partial charge in [-0.3, -0.25) is 4.90 Å². The predicted octanol–water partition coefficient (Wildman–Crippen LogP) is 1.66. The lowest BCUT2D eigenvalue weighted by atomic mass is 10.1. The number of nitrogens with zero attached hydrogens (tertiary/aromatic N) is 1. The third-order valence-corrected chi connectivity index (χ3v) is 2.99. The highest BCUT2D eigenvalue weighted by Crippen LogP contribution is 2.22. The number of rotatable bonds is 2. The number of hydrogen-bond acceptors (Lipinski definition) is 3. The maximum Gasteiger partial charge on any atom is 0.0594 e. The molecule has 15 heavy (non-hydrogen) atoms. The van der Waals surface area contributed by atoms with Crippen molar-refractivity contribution in [1.29, 1.82) is 0 Å². The van der Waals surface area contributed by atoms with Gasteiger partial charge in [0.25, 0.3) is 0 Å². The van der Waals surface area contributed by atoms with Crippen molar-refractivity contribution in [2.24, 2.45) is 0 Å². The Balaban J connectivity index is 2.08. The minimum absolute atomic E-state index is 0.428. The lowest BCUT2D eigenvalue weighted by molar-refractivity contribution is 0.0199. The zero-order valence-corrected chi connectivity index (χ0v) is 9.15. The first kappa shape index (κ1) is 10.5. The molecule has 82 valence electrons. The molecule has 1 aliphatic heterocycles. The minimum Gasteiger partial charge on any atom is -0.399 e. The van der Waals surface area contributed by atoms with Crippen molar-refractivity contribution >= 4 is 5.69 Å². The number of ether oxygens (including phenoxy) is 1. The highest BCUT2D eigenvalue weighted by Gasteiger charge is 2.18. The number of anilines is 1. The van der Waals surface area contributed by atoms with Gasteiger partial charge in [-0.05, 0) is 24.6 Å². The summed E-state index contributed by atoms with van der Waals surface area (Å²) in [6, 6.07) is 8.56. The van der Waals surface area contributed by atoms with E-state index in [0.717, 1.165) is 32.0 Å². The van der Waals surface area contributed by atoms with Crippen LogP contribution in [0.2, 0.25) is 0 Å². The Kier molecular flexibility index (Phi) is 3.23. The van der Waals surface area contributed by atoms with Crippen LogP contribution in [0.4, 0.5) is 5.69 Å². The van der Waals surface area contributed by atoms with Crippen molar-refractivity contribution in [2.45, 2.75) is 13.0 Å². The van der Waals surface area contributed by atoms with Crippen LogP contribution in [0, 0.1) is 0 Å². The predicted molar refractivity (Wildman–Crippen MR) is 61.7 cm³/mol. The normalized spacial score (nSPS) is 20.1. The summed E-state index contributed by atoms with van der Waals surface area (Å²) in [5, 5.41) is 0. The summed E-state index contributed by atoms with van der Waals surface area (Å²) in [4.78, 5) is 2.43. The Morgan fingerprint density at radius 1 is 1.33 bits per heavy atom. The molecular weight excluding hydrogens is 188 g/mol. The van der Waals surface area contributed by atoms with Gasteiger partial charge in [-0.25, -0.2) is 0 Å². The molecule has 0 radical (unpaired) electrons. The van der Waals surface area contributed by atoms with Crippen molar-refractivity contribution in [2.75, 3.05) is 32.0 Å². The smallest absolute Gasteiger partial charge is 0.0594 e. The molecule has 0 bridgehead atoms. The number of morpholine rings is 1. The van der Waals surface area contributed by atoms with E-state index in [1.165, 1.54) is 5.56 Å². The highest BCUT2D eigenvalue weighted by molar-refractivity contribution is 5.41. The summed E-state index contributed by atoms with van der Waals surface area (Å²) < 4.78 is 5.34. The highest BCUT2D eigenvalue weighted by atomic mass is 16.5. The van der Waals surface area contributed by atoms with E-state index < -0.39 is 0 Å². The molecule has 0 saturated carbocycles. The molecule has 1 fully saturated rings. The number of benzene rings is 1. The van der Waals surface area contributed by atoms with Crippen LogP contribution < -0.4 is 5.73 Å². The molecule has 1 atom stereocenters. The van der Waals surface area contributed by atoms with Crippen LogP contribution in [-0.4, -0.2) is 31.2 Å². The molecule has 1 heterocycles. The van der Waals surface area contributed by atoms with Gasteiger partial charge in [0.1, 0.15) is 0 Å². The lowest BCUT2D eigenvalue weighted by Crippen LogP contribution is -2.38. The number of nitrogen functional groups attached to an aromatic ring is 1. The van der Waals surface area contributed by atoms with E-state index in [1.54, 1.807) is 0 Å². The van der Waals surface area contributed by atoms with Gasteiger partial charge >= 0.3 is 0 Å². The molecular formula is C12H18N2O. The second kappa shape index (κ2) is 4.64. The van der Waals surface area contributed by atoms with Crippen LogP contribution in [0.3, 0.4) is 0 Å². The molecule has 2 N–H and O–H groups in total. The van der Waals surface area contributed by atoms with Gasteiger partial charge in [-0.15, -0.1) is 0 Å². The largest absolute Gasteiger partial charge is 0.399 e. The zero-order chi connectivity index (χ0) is 10.7. The zero-order valence-electron chi connectivity index (χ0n) is 9.15. The van der Waals surface area contributed by atoms with Gasteiger partial charge in [0.2, 0.25) is 0 Å². The fourth-order valence-corrected chi connectivity index (χ4v) is 1.99. The first-order valence-corrected chi connectivity index (χ1v) is 5.44. The maximum absolute atomic E-state index is 5.78. The van der Waals surface area contributed by atoms with Crippen LogP contribution in [0.15, 0.2) is 24.3 Å². The van der Waals surface area contributed by atoms with Crippen LogP contribution in [0.25, 0.3) is 0 Å². The average Bonchev–Trinajstić information content (AvgIpc) is 2.29. The third kappa shape index (κ3) is 2.49. The SMILES string of the molecule is C[C@@H](c1cccc(N)c1)N1CCOCC1. The van der Waals surface area contributed by atoms with E-state index in [0.29, 0.717) is 6.04 Å². The van der Waals surface area contributed by atoms with Crippen molar-refractivity contribution in [1.82, 2.24) is 4.90 Å². The van der Waals surface area contributed by atoms with E-state index in [-0.39, 0.29) is 0 Å². The van der Waals surface area contributed by atoms with Gasteiger partial charge in [0, 0.05) is 24.8 Å². The number of nitrogens with two attached hydrogens (primary N) is 1. The molecule has 1 aromatic carbocycles. The van der Waals surface area contributed by atoms with Gasteiger partial charge in [0.05, 0.1) is 13.2 Å². The molecule has 1 aliphatic rings. The van der Waals surface area contributed by atoms with Gasteiger partial charge in [0.15, 0.2) is 0 Å². The molecule has 0 unspecified atom stereocenters. The van der Waals surface area contributed by atoms with E-state index in [9.17, 15) is 0 Å². The molecule has 1 aromatic rings. The number of hydrogen-bond donors (Lipinski definition) is 1. The second-order valence-corrected chi connectivity index (χ2v) is 3.99. The van der Waals surface area contributed by atoms with Crippen LogP contribution >= 0.6 is 0 Å². The van der Waals surface area contributed by atoms with Crippen molar-refractivity contribution in [3.05, 3.63) is 29.8 Å². The van der Waals surface area contributed by atoms with E-state index >= 15 is 0 Å². The van der Waals surface area contributed by atoms with Gasteiger partial charge in [-0.2, -0.15) is 0 Å². The summed E-state index contributed by atoms with van der Waals surface area (Å²) in [5.74, 6) is 0. The molecule has 0 aliphatic carbocycles. The van der Waals surface area contributed by atoms with Crippen molar-refractivity contribution < 1.29 is 4.74 Å². The van der Waals surface area contributed by atoms with Gasteiger partial charge < -0.3 is 10.5 Å². The molecule has 2 rings (SSSR count). The second-order valence-electron chi connectivity index (χ2n) is 3.99. The fraction of sp³-hybridized carbons (Fsp3) is 0.500. The Morgan fingerprint density at radius 2 is 2.07 bits per heavy atom. The van der Waals surface area contributed by atoms with Gasteiger partial charge in [-0.1, -0.05) is 12.1 Å². The topological polar surface area (TPSA) is 38.5 Å². The minimum atomic E-state index is 0.428. The molecule has 1 saturated heterocycles. The van der Waals surface area contributed by atoms with E-state index in [1.807, 2.05) is 12.1 Å².